The van der Waals surface area contributed by atoms with Gasteiger partial charge in [0.15, 0.2) is 11.5 Å². The van der Waals surface area contributed by atoms with Gasteiger partial charge in [0.05, 0.1) is 5.56 Å². The molecular weight excluding hydrogens is 330 g/mol. The van der Waals surface area contributed by atoms with E-state index >= 15 is 0 Å². The molecule has 1 aromatic heterocycles. The smallest absolute Gasteiger partial charge is 0.294 e. The summed E-state index contributed by atoms with van der Waals surface area (Å²) in [6.07, 6.45) is 1.63. The van der Waals surface area contributed by atoms with Crippen molar-refractivity contribution in [3.8, 4) is 16.7 Å². The Morgan fingerprint density at radius 1 is 1.25 bits per heavy atom. The minimum Gasteiger partial charge on any atom is -0.486 e. The number of carbonyl (C=O) groups is 1. The largest absolute Gasteiger partial charge is 0.486 e. The Kier molecular flexibility index (Phi) is 4.20. The second-order valence-corrected chi connectivity index (χ2v) is 6.44. The summed E-state index contributed by atoms with van der Waals surface area (Å²) in [4.78, 5) is 14.7. The van der Waals surface area contributed by atoms with Gasteiger partial charge in [-0.3, -0.25) is 4.79 Å². The number of ether oxygens (including phenoxy) is 3. The quantitative estimate of drug-likeness (QED) is 0.845. The van der Waals surface area contributed by atoms with E-state index in [1.165, 1.54) is 11.3 Å². The lowest BCUT2D eigenvalue weighted by Crippen LogP contribution is -2.42. The fraction of sp³-hybridized carbons (Fsp3) is 0.438. The molecular formula is C16H17N3O4S. The number of nitrogens with zero attached hydrogens (tertiary/aromatic N) is 3. The third kappa shape index (κ3) is 3.01. The van der Waals surface area contributed by atoms with Crippen LogP contribution in [0.1, 0.15) is 23.2 Å². The zero-order chi connectivity index (χ0) is 16.4. The van der Waals surface area contributed by atoms with Gasteiger partial charge < -0.3 is 19.1 Å². The van der Waals surface area contributed by atoms with E-state index in [0.717, 1.165) is 12.8 Å². The monoisotopic (exact) mass is 347 g/mol. The normalized spacial score (nSPS) is 17.6. The van der Waals surface area contributed by atoms with Crippen molar-refractivity contribution >= 4 is 17.2 Å². The molecule has 0 N–H and O–H groups in total. The molecule has 2 aliphatic heterocycles. The van der Waals surface area contributed by atoms with Crippen molar-refractivity contribution in [2.45, 2.75) is 18.9 Å². The van der Waals surface area contributed by atoms with Gasteiger partial charge in [0.2, 0.25) is 0 Å². The molecule has 0 spiro atoms. The Morgan fingerprint density at radius 2 is 2.08 bits per heavy atom. The fourth-order valence-corrected chi connectivity index (χ4v) is 3.42. The van der Waals surface area contributed by atoms with Crippen LogP contribution >= 0.6 is 11.3 Å². The van der Waals surface area contributed by atoms with Crippen LogP contribution in [0.5, 0.6) is 16.7 Å². The number of carbonyl (C=O) groups excluding carboxylic acids is 1. The highest BCUT2D eigenvalue weighted by Gasteiger charge is 2.28. The van der Waals surface area contributed by atoms with E-state index in [0.29, 0.717) is 48.6 Å². The van der Waals surface area contributed by atoms with E-state index < -0.39 is 0 Å². The van der Waals surface area contributed by atoms with Crippen LogP contribution in [0.25, 0.3) is 0 Å². The highest BCUT2D eigenvalue weighted by atomic mass is 32.1. The molecule has 0 atom stereocenters. The Hall–Kier alpha value is -2.35. The number of likely N-dealkylation sites (tertiary alicyclic amines) is 1. The summed E-state index contributed by atoms with van der Waals surface area (Å²) in [6.45, 7) is 2.27. The van der Waals surface area contributed by atoms with Gasteiger partial charge in [-0.2, -0.15) is 0 Å². The molecule has 1 fully saturated rings. The average molecular weight is 347 g/mol. The molecule has 0 bridgehead atoms. The third-order valence-corrected chi connectivity index (χ3v) is 4.71. The number of fused-ring (bicyclic) bond motifs is 1. The number of benzene rings is 1. The highest BCUT2D eigenvalue weighted by Crippen LogP contribution is 2.34. The summed E-state index contributed by atoms with van der Waals surface area (Å²) >= 11 is 1.38. The van der Waals surface area contributed by atoms with Crippen LogP contribution in [0.15, 0.2) is 23.7 Å². The molecule has 0 radical (unpaired) electrons. The molecule has 7 nitrogen and oxygen atoms in total. The summed E-state index contributed by atoms with van der Waals surface area (Å²) in [5, 5.41) is 8.25. The van der Waals surface area contributed by atoms with Crippen LogP contribution in [0.4, 0.5) is 0 Å². The average Bonchev–Trinajstić information content (AvgIpc) is 3.14. The SMILES string of the molecule is O=C(c1cccc2c1OCCO2)N1CCC(Oc2nncs2)CC1. The molecule has 4 rings (SSSR count). The topological polar surface area (TPSA) is 73.8 Å². The maximum Gasteiger partial charge on any atom is 0.294 e. The molecule has 1 aromatic carbocycles. The molecule has 126 valence electrons. The van der Waals surface area contributed by atoms with E-state index in [1.807, 2.05) is 17.0 Å². The van der Waals surface area contributed by atoms with E-state index in [1.54, 1.807) is 11.6 Å². The summed E-state index contributed by atoms with van der Waals surface area (Å²) in [5.74, 6) is 1.18. The van der Waals surface area contributed by atoms with Crippen molar-refractivity contribution in [3.63, 3.8) is 0 Å². The van der Waals surface area contributed by atoms with Gasteiger partial charge in [-0.05, 0) is 12.1 Å². The highest BCUT2D eigenvalue weighted by molar-refractivity contribution is 7.11. The van der Waals surface area contributed by atoms with Crippen molar-refractivity contribution < 1.29 is 19.0 Å². The lowest BCUT2D eigenvalue weighted by Gasteiger charge is -2.32. The van der Waals surface area contributed by atoms with Crippen LogP contribution in [0.3, 0.4) is 0 Å². The molecule has 1 saturated heterocycles. The summed E-state index contributed by atoms with van der Waals surface area (Å²) in [6, 6.07) is 5.44. The van der Waals surface area contributed by atoms with Crippen molar-refractivity contribution in [2.24, 2.45) is 0 Å². The predicted molar refractivity (Wildman–Crippen MR) is 86.9 cm³/mol. The van der Waals surface area contributed by atoms with E-state index in [9.17, 15) is 4.79 Å². The van der Waals surface area contributed by atoms with Gasteiger partial charge in [0, 0.05) is 25.9 Å². The third-order valence-electron chi connectivity index (χ3n) is 4.13. The van der Waals surface area contributed by atoms with Crippen LogP contribution in [-0.4, -0.2) is 53.4 Å². The second-order valence-electron chi connectivity index (χ2n) is 5.64. The van der Waals surface area contributed by atoms with Crippen molar-refractivity contribution in [2.75, 3.05) is 26.3 Å². The zero-order valence-electron chi connectivity index (χ0n) is 13.0. The number of hydrogen-bond donors (Lipinski definition) is 0. The maximum atomic E-state index is 12.8. The van der Waals surface area contributed by atoms with Crippen molar-refractivity contribution in [3.05, 3.63) is 29.3 Å². The lowest BCUT2D eigenvalue weighted by atomic mass is 10.1. The number of rotatable bonds is 3. The number of piperidine rings is 1. The van der Waals surface area contributed by atoms with E-state index in [4.69, 9.17) is 14.2 Å². The number of amides is 1. The molecule has 3 heterocycles. The van der Waals surface area contributed by atoms with Gasteiger partial charge in [0.1, 0.15) is 24.8 Å². The van der Waals surface area contributed by atoms with Crippen molar-refractivity contribution in [1.82, 2.24) is 15.1 Å². The summed E-state index contributed by atoms with van der Waals surface area (Å²) in [5.41, 5.74) is 2.21. The Morgan fingerprint density at radius 3 is 2.88 bits per heavy atom. The maximum absolute atomic E-state index is 12.8. The molecule has 0 aliphatic carbocycles. The lowest BCUT2D eigenvalue weighted by molar-refractivity contribution is 0.0585. The van der Waals surface area contributed by atoms with Gasteiger partial charge >= 0.3 is 0 Å². The first kappa shape index (κ1) is 15.2. The molecule has 24 heavy (non-hydrogen) atoms. The van der Waals surface area contributed by atoms with Crippen LogP contribution < -0.4 is 14.2 Å². The summed E-state index contributed by atoms with van der Waals surface area (Å²) < 4.78 is 17.0. The van der Waals surface area contributed by atoms with Gasteiger partial charge in [0.25, 0.3) is 11.1 Å². The molecule has 0 saturated carbocycles. The Balaban J connectivity index is 1.41. The Bertz CT molecular complexity index is 714. The second kappa shape index (κ2) is 6.64. The van der Waals surface area contributed by atoms with Gasteiger partial charge in [-0.1, -0.05) is 17.4 Å². The first-order chi connectivity index (χ1) is 11.8. The molecule has 0 unspecified atom stereocenters. The first-order valence-corrected chi connectivity index (χ1v) is 8.80. The standard InChI is InChI=1S/C16H17N3O4S/c20-15(12-2-1-3-13-14(12)22-9-8-21-13)19-6-4-11(5-7-19)23-16-18-17-10-24-16/h1-3,10-11H,4-9H2. The van der Waals surface area contributed by atoms with E-state index in [-0.39, 0.29) is 12.0 Å². The number of hydrogen-bond acceptors (Lipinski definition) is 7. The van der Waals surface area contributed by atoms with E-state index in [2.05, 4.69) is 10.2 Å². The van der Waals surface area contributed by atoms with Crippen LogP contribution in [0, 0.1) is 0 Å². The fourth-order valence-electron chi connectivity index (χ4n) is 2.95. The minimum atomic E-state index is -0.0216. The van der Waals surface area contributed by atoms with Crippen LogP contribution in [-0.2, 0) is 0 Å². The van der Waals surface area contributed by atoms with Crippen molar-refractivity contribution in [1.29, 1.82) is 0 Å². The number of aromatic nitrogens is 2. The predicted octanol–water partition coefficient (Wildman–Crippen LogP) is 1.99. The Labute approximate surface area is 143 Å². The molecule has 1 amide bonds. The number of para-hydroxylation sites is 1. The molecule has 2 aliphatic rings. The zero-order valence-corrected chi connectivity index (χ0v) is 13.8. The van der Waals surface area contributed by atoms with Gasteiger partial charge in [-0.15, -0.1) is 10.2 Å². The molecule has 8 heteroatoms. The minimum absolute atomic E-state index is 0.0216. The van der Waals surface area contributed by atoms with Gasteiger partial charge in [-0.25, -0.2) is 0 Å². The first-order valence-electron chi connectivity index (χ1n) is 7.92. The molecule has 2 aromatic rings. The summed E-state index contributed by atoms with van der Waals surface area (Å²) in [7, 11) is 0. The van der Waals surface area contributed by atoms with Crippen LogP contribution in [0.2, 0.25) is 0 Å².